The number of pyridine rings is 1. The molecule has 2 N–H and O–H groups in total. The van der Waals surface area contributed by atoms with Crippen LogP contribution >= 0.6 is 0 Å². The van der Waals surface area contributed by atoms with Gasteiger partial charge in [-0.1, -0.05) is 0 Å². The smallest absolute Gasteiger partial charge is 0.272 e. The molecule has 0 spiro atoms. The molecule has 0 bridgehead atoms. The number of H-pyrrole nitrogens is 1. The van der Waals surface area contributed by atoms with Gasteiger partial charge in [0.2, 0.25) is 0 Å². The van der Waals surface area contributed by atoms with Crippen LogP contribution < -0.4 is 0 Å². The third-order valence-corrected chi connectivity index (χ3v) is 5.02. The summed E-state index contributed by atoms with van der Waals surface area (Å²) < 4.78 is 15.7. The number of carbonyl (C=O) groups is 1. The van der Waals surface area contributed by atoms with Crippen molar-refractivity contribution < 1.29 is 14.3 Å². The van der Waals surface area contributed by atoms with E-state index < -0.39 is 6.10 Å². The molecule has 1 fully saturated rings. The number of carbonyl (C=O) groups excluding carboxylic acids is 1. The van der Waals surface area contributed by atoms with E-state index >= 15 is 0 Å². The molecule has 1 aliphatic heterocycles. The van der Waals surface area contributed by atoms with E-state index in [2.05, 4.69) is 15.2 Å². The Bertz CT molecular complexity index is 1210. The van der Waals surface area contributed by atoms with Gasteiger partial charge < -0.3 is 14.6 Å². The zero-order chi connectivity index (χ0) is 18.7. The van der Waals surface area contributed by atoms with Crippen molar-refractivity contribution in [2.75, 3.05) is 13.1 Å². The summed E-state index contributed by atoms with van der Waals surface area (Å²) in [5.74, 6) is -0.508. The second-order valence-corrected chi connectivity index (χ2v) is 6.85. The van der Waals surface area contributed by atoms with Gasteiger partial charge in [-0.25, -0.2) is 9.37 Å². The van der Waals surface area contributed by atoms with Crippen molar-refractivity contribution in [2.24, 2.45) is 0 Å². The van der Waals surface area contributed by atoms with Crippen LogP contribution in [0.3, 0.4) is 0 Å². The SMILES string of the molecule is Cc1cc(C(=O)N2CC(O)C2)ncc1-n1c2ccc(F)cc2c2[nH]ncc21. The summed E-state index contributed by atoms with van der Waals surface area (Å²) in [4.78, 5) is 18.3. The van der Waals surface area contributed by atoms with Gasteiger partial charge in [0, 0.05) is 18.5 Å². The highest BCUT2D eigenvalue weighted by Crippen LogP contribution is 2.32. The lowest BCUT2D eigenvalue weighted by atomic mass is 10.1. The zero-order valence-corrected chi connectivity index (χ0v) is 14.5. The predicted octanol–water partition coefficient (Wildman–Crippen LogP) is 2.17. The van der Waals surface area contributed by atoms with E-state index in [-0.39, 0.29) is 11.7 Å². The number of halogens is 1. The first kappa shape index (κ1) is 16.0. The molecule has 0 aliphatic carbocycles. The second kappa shape index (κ2) is 5.62. The highest BCUT2D eigenvalue weighted by atomic mass is 19.1. The van der Waals surface area contributed by atoms with Crippen molar-refractivity contribution in [1.29, 1.82) is 0 Å². The van der Waals surface area contributed by atoms with Crippen LogP contribution in [-0.4, -0.2) is 54.9 Å². The molecule has 0 unspecified atom stereocenters. The van der Waals surface area contributed by atoms with Crippen LogP contribution in [0.4, 0.5) is 4.39 Å². The van der Waals surface area contributed by atoms with E-state index in [1.165, 1.54) is 12.1 Å². The molecule has 8 heteroatoms. The van der Waals surface area contributed by atoms with Crippen LogP contribution in [0.5, 0.6) is 0 Å². The summed E-state index contributed by atoms with van der Waals surface area (Å²) in [6.07, 6.45) is 2.89. The van der Waals surface area contributed by atoms with E-state index in [1.807, 2.05) is 11.5 Å². The summed E-state index contributed by atoms with van der Waals surface area (Å²) in [7, 11) is 0. The summed E-state index contributed by atoms with van der Waals surface area (Å²) >= 11 is 0. The number of amides is 1. The van der Waals surface area contributed by atoms with Crippen LogP contribution in [0.15, 0.2) is 36.7 Å². The number of hydrogen-bond acceptors (Lipinski definition) is 4. The average Bonchev–Trinajstić information content (AvgIpc) is 3.20. The van der Waals surface area contributed by atoms with E-state index in [1.54, 1.807) is 29.4 Å². The van der Waals surface area contributed by atoms with Gasteiger partial charge in [0.1, 0.15) is 11.5 Å². The first-order valence-electron chi connectivity index (χ1n) is 8.60. The number of likely N-dealkylation sites (tertiary alicyclic amines) is 1. The Morgan fingerprint density at radius 3 is 2.81 bits per heavy atom. The maximum atomic E-state index is 13.7. The molecular formula is C19H16FN5O2. The fourth-order valence-corrected chi connectivity index (χ4v) is 3.62. The van der Waals surface area contributed by atoms with Crippen LogP contribution in [0.1, 0.15) is 16.1 Å². The molecule has 3 aromatic heterocycles. The fraction of sp³-hybridized carbons (Fsp3) is 0.211. The van der Waals surface area contributed by atoms with Crippen molar-refractivity contribution in [1.82, 2.24) is 24.6 Å². The molecule has 0 radical (unpaired) electrons. The summed E-state index contributed by atoms with van der Waals surface area (Å²) in [6, 6.07) is 6.35. The van der Waals surface area contributed by atoms with E-state index in [0.29, 0.717) is 18.8 Å². The van der Waals surface area contributed by atoms with Crippen molar-refractivity contribution in [3.05, 3.63) is 53.7 Å². The lowest BCUT2D eigenvalue weighted by molar-refractivity contribution is 0.00550. The van der Waals surface area contributed by atoms with Gasteiger partial charge in [-0.05, 0) is 36.8 Å². The minimum atomic E-state index is -0.449. The molecule has 5 rings (SSSR count). The largest absolute Gasteiger partial charge is 0.389 e. The standard InChI is InChI=1S/C19H16FN5O2/c1-10-4-14(19(27)24-8-12(26)9-24)21-6-16(10)25-15-3-2-11(20)5-13(15)18-17(25)7-22-23-18/h2-7,12,26H,8-9H2,1H3,(H,22,23). The van der Waals surface area contributed by atoms with Gasteiger partial charge in [0.05, 0.1) is 40.7 Å². The first-order valence-corrected chi connectivity index (χ1v) is 8.60. The molecule has 4 heterocycles. The molecular weight excluding hydrogens is 349 g/mol. The van der Waals surface area contributed by atoms with Crippen molar-refractivity contribution in [3.8, 4) is 5.69 Å². The Balaban J connectivity index is 1.64. The average molecular weight is 365 g/mol. The molecule has 4 aromatic rings. The third-order valence-electron chi connectivity index (χ3n) is 5.02. The number of aryl methyl sites for hydroxylation is 1. The summed E-state index contributed by atoms with van der Waals surface area (Å²) in [5.41, 5.74) is 4.38. The summed E-state index contributed by atoms with van der Waals surface area (Å²) in [6.45, 7) is 2.58. The molecule has 27 heavy (non-hydrogen) atoms. The first-order chi connectivity index (χ1) is 13.0. The van der Waals surface area contributed by atoms with Gasteiger partial charge in [0.15, 0.2) is 0 Å². The molecule has 0 saturated carbocycles. The normalized spacial score (nSPS) is 14.9. The minimum absolute atomic E-state index is 0.192. The lowest BCUT2D eigenvalue weighted by Crippen LogP contribution is -2.53. The van der Waals surface area contributed by atoms with Crippen molar-refractivity contribution in [3.63, 3.8) is 0 Å². The monoisotopic (exact) mass is 365 g/mol. The van der Waals surface area contributed by atoms with Crippen LogP contribution in [0.2, 0.25) is 0 Å². The number of aromatic nitrogens is 4. The Labute approximate surface area is 153 Å². The number of aliphatic hydroxyl groups is 1. The number of nitrogens with zero attached hydrogens (tertiary/aromatic N) is 4. The Kier molecular flexibility index (Phi) is 3.32. The van der Waals surface area contributed by atoms with Crippen LogP contribution in [-0.2, 0) is 0 Å². The molecule has 1 aliphatic rings. The van der Waals surface area contributed by atoms with E-state index in [4.69, 9.17) is 0 Å². The summed E-state index contributed by atoms with van der Waals surface area (Å²) in [5, 5.41) is 17.1. The van der Waals surface area contributed by atoms with Crippen LogP contribution in [0.25, 0.3) is 27.6 Å². The Morgan fingerprint density at radius 2 is 2.07 bits per heavy atom. The maximum absolute atomic E-state index is 13.7. The molecule has 0 atom stereocenters. The molecule has 1 aromatic carbocycles. The third kappa shape index (κ3) is 2.33. The van der Waals surface area contributed by atoms with Gasteiger partial charge in [-0.15, -0.1) is 0 Å². The van der Waals surface area contributed by atoms with E-state index in [0.717, 1.165) is 33.2 Å². The number of aliphatic hydroxyl groups excluding tert-OH is 1. The molecule has 7 nitrogen and oxygen atoms in total. The lowest BCUT2D eigenvalue weighted by Gasteiger charge is -2.35. The highest BCUT2D eigenvalue weighted by molar-refractivity contribution is 6.07. The van der Waals surface area contributed by atoms with Gasteiger partial charge in [0.25, 0.3) is 5.91 Å². The van der Waals surface area contributed by atoms with Gasteiger partial charge in [-0.2, -0.15) is 5.10 Å². The van der Waals surface area contributed by atoms with Crippen molar-refractivity contribution >= 4 is 27.8 Å². The topological polar surface area (TPSA) is 87.0 Å². The molecule has 1 saturated heterocycles. The van der Waals surface area contributed by atoms with Crippen molar-refractivity contribution in [2.45, 2.75) is 13.0 Å². The quantitative estimate of drug-likeness (QED) is 0.570. The number of hydrogen-bond donors (Lipinski definition) is 2. The highest BCUT2D eigenvalue weighted by Gasteiger charge is 2.30. The predicted molar refractivity (Wildman–Crippen MR) is 97.3 cm³/mol. The number of β-amino-alcohol motifs (C(OH)–C–C–N with tert-alkyl or cyclic N) is 1. The maximum Gasteiger partial charge on any atom is 0.272 e. The number of benzene rings is 1. The molecule has 1 amide bonds. The number of fused-ring (bicyclic) bond motifs is 3. The Morgan fingerprint density at radius 1 is 1.26 bits per heavy atom. The van der Waals surface area contributed by atoms with Gasteiger partial charge in [-0.3, -0.25) is 9.89 Å². The number of nitrogens with one attached hydrogen (secondary N) is 1. The second-order valence-electron chi connectivity index (χ2n) is 6.85. The van der Waals surface area contributed by atoms with Crippen LogP contribution in [0, 0.1) is 12.7 Å². The van der Waals surface area contributed by atoms with Gasteiger partial charge >= 0.3 is 0 Å². The van der Waals surface area contributed by atoms with E-state index in [9.17, 15) is 14.3 Å². The fourth-order valence-electron chi connectivity index (χ4n) is 3.62. The number of rotatable bonds is 2. The Hall–Kier alpha value is -3.26. The number of aromatic amines is 1. The zero-order valence-electron chi connectivity index (χ0n) is 14.5. The minimum Gasteiger partial charge on any atom is -0.389 e. The molecule has 136 valence electrons.